The molecule has 0 aliphatic heterocycles. The SMILES string of the molecule is Cc1ccc2c(c1)=CC=CC=CC=2. The summed E-state index contributed by atoms with van der Waals surface area (Å²) in [7, 11) is 0. The van der Waals surface area contributed by atoms with E-state index in [4.69, 9.17) is 0 Å². The van der Waals surface area contributed by atoms with Gasteiger partial charge in [0.15, 0.2) is 0 Å². The minimum atomic E-state index is 1.28. The van der Waals surface area contributed by atoms with Crippen LogP contribution in [0.25, 0.3) is 12.2 Å². The molecule has 0 N–H and O–H groups in total. The quantitative estimate of drug-likeness (QED) is 0.553. The predicted octanol–water partition coefficient (Wildman–Crippen LogP) is 1.68. The van der Waals surface area contributed by atoms with Gasteiger partial charge in [0.25, 0.3) is 0 Å². The van der Waals surface area contributed by atoms with Gasteiger partial charge in [0.2, 0.25) is 0 Å². The van der Waals surface area contributed by atoms with E-state index in [1.165, 1.54) is 16.0 Å². The second-order valence-corrected chi connectivity index (χ2v) is 3.24. The third-order valence-electron chi connectivity index (χ3n) is 2.13. The lowest BCUT2D eigenvalue weighted by Crippen LogP contribution is -2.23. The topological polar surface area (TPSA) is 0 Å². The molecule has 0 heterocycles. The van der Waals surface area contributed by atoms with Gasteiger partial charge in [-0.05, 0) is 17.4 Å². The number of fused-ring (bicyclic) bond motifs is 1. The summed E-state index contributed by atoms with van der Waals surface area (Å²) in [5.41, 5.74) is 1.31. The molecule has 0 fully saturated rings. The van der Waals surface area contributed by atoms with Crippen LogP contribution in [-0.2, 0) is 0 Å². The van der Waals surface area contributed by atoms with Gasteiger partial charge >= 0.3 is 0 Å². The third-order valence-corrected chi connectivity index (χ3v) is 2.13. The van der Waals surface area contributed by atoms with Crippen LogP contribution in [0.1, 0.15) is 5.56 Å². The Kier molecular flexibility index (Phi) is 2.13. The van der Waals surface area contributed by atoms with E-state index in [2.05, 4.69) is 49.4 Å². The molecule has 0 amide bonds. The van der Waals surface area contributed by atoms with Crippen molar-refractivity contribution in [1.82, 2.24) is 0 Å². The zero-order chi connectivity index (χ0) is 9.10. The number of benzene rings is 1. The van der Waals surface area contributed by atoms with Gasteiger partial charge in [-0.1, -0.05) is 60.2 Å². The Labute approximate surface area is 78.2 Å². The lowest BCUT2D eigenvalue weighted by molar-refractivity contribution is 1.40. The van der Waals surface area contributed by atoms with Crippen molar-refractivity contribution in [3.63, 3.8) is 0 Å². The summed E-state index contributed by atoms with van der Waals surface area (Å²) in [6, 6.07) is 6.50. The monoisotopic (exact) mass is 168 g/mol. The van der Waals surface area contributed by atoms with E-state index in [-0.39, 0.29) is 0 Å². The summed E-state index contributed by atoms with van der Waals surface area (Å²) >= 11 is 0. The van der Waals surface area contributed by atoms with Crippen molar-refractivity contribution in [3.8, 4) is 0 Å². The van der Waals surface area contributed by atoms with Crippen LogP contribution in [-0.4, -0.2) is 0 Å². The molecule has 0 spiro atoms. The molecule has 0 atom stereocenters. The second-order valence-electron chi connectivity index (χ2n) is 3.24. The van der Waals surface area contributed by atoms with Crippen LogP contribution in [0.5, 0.6) is 0 Å². The van der Waals surface area contributed by atoms with E-state index in [0.717, 1.165) is 0 Å². The Balaban J connectivity index is 2.79. The molecule has 0 aromatic heterocycles. The Morgan fingerprint density at radius 1 is 0.769 bits per heavy atom. The largest absolute Gasteiger partial charge is 0.0622 e. The Hall–Kier alpha value is -1.56. The van der Waals surface area contributed by atoms with E-state index in [1.54, 1.807) is 0 Å². The molecule has 0 heteroatoms. The van der Waals surface area contributed by atoms with Gasteiger partial charge in [0, 0.05) is 0 Å². The summed E-state index contributed by atoms with van der Waals surface area (Å²) in [5, 5.41) is 2.58. The van der Waals surface area contributed by atoms with E-state index in [0.29, 0.717) is 0 Å². The molecular weight excluding hydrogens is 156 g/mol. The summed E-state index contributed by atoms with van der Waals surface area (Å²) in [5.74, 6) is 0. The van der Waals surface area contributed by atoms with E-state index in [9.17, 15) is 0 Å². The van der Waals surface area contributed by atoms with Crippen LogP contribution in [0.4, 0.5) is 0 Å². The molecule has 0 saturated heterocycles. The molecule has 2 rings (SSSR count). The van der Waals surface area contributed by atoms with Crippen LogP contribution in [0.3, 0.4) is 0 Å². The van der Waals surface area contributed by atoms with Crippen LogP contribution in [0.2, 0.25) is 0 Å². The highest BCUT2D eigenvalue weighted by molar-refractivity contribution is 5.48. The van der Waals surface area contributed by atoms with E-state index in [1.807, 2.05) is 12.2 Å². The second kappa shape index (κ2) is 3.44. The summed E-state index contributed by atoms with van der Waals surface area (Å²) in [6.07, 6.45) is 12.5. The Bertz CT molecular complexity index is 473. The predicted molar refractivity (Wildman–Crippen MR) is 57.6 cm³/mol. The lowest BCUT2D eigenvalue weighted by atomic mass is 10.1. The molecule has 64 valence electrons. The number of aryl methyl sites for hydroxylation is 1. The third kappa shape index (κ3) is 1.78. The maximum Gasteiger partial charge on any atom is -0.0181 e. The van der Waals surface area contributed by atoms with E-state index >= 15 is 0 Å². The van der Waals surface area contributed by atoms with Gasteiger partial charge in [-0.2, -0.15) is 0 Å². The molecule has 13 heavy (non-hydrogen) atoms. The summed E-state index contributed by atoms with van der Waals surface area (Å²) < 4.78 is 0. The molecular formula is C13H12. The van der Waals surface area contributed by atoms with Crippen molar-refractivity contribution < 1.29 is 0 Å². The molecule has 0 unspecified atom stereocenters. The number of allylic oxidation sites excluding steroid dienone is 4. The maximum atomic E-state index is 2.20. The van der Waals surface area contributed by atoms with Gasteiger partial charge in [-0.25, -0.2) is 0 Å². The minimum absolute atomic E-state index is 1.28. The van der Waals surface area contributed by atoms with Crippen molar-refractivity contribution in [2.24, 2.45) is 0 Å². The molecule has 0 saturated carbocycles. The van der Waals surface area contributed by atoms with Crippen molar-refractivity contribution in [3.05, 3.63) is 58.5 Å². The highest BCUT2D eigenvalue weighted by Gasteiger charge is 1.86. The van der Waals surface area contributed by atoms with Crippen molar-refractivity contribution in [2.75, 3.05) is 0 Å². The molecule has 1 aromatic rings. The fourth-order valence-corrected chi connectivity index (χ4v) is 1.44. The minimum Gasteiger partial charge on any atom is -0.0622 e. The van der Waals surface area contributed by atoms with Crippen LogP contribution in [0, 0.1) is 6.92 Å². The van der Waals surface area contributed by atoms with Gasteiger partial charge in [-0.3, -0.25) is 0 Å². The Morgan fingerprint density at radius 2 is 1.46 bits per heavy atom. The zero-order valence-electron chi connectivity index (χ0n) is 7.70. The molecule has 1 aromatic carbocycles. The van der Waals surface area contributed by atoms with Crippen LogP contribution in [0.15, 0.2) is 42.5 Å². The van der Waals surface area contributed by atoms with Crippen molar-refractivity contribution in [1.29, 1.82) is 0 Å². The first-order valence-corrected chi connectivity index (χ1v) is 4.48. The van der Waals surface area contributed by atoms with E-state index < -0.39 is 0 Å². The fraction of sp³-hybridized carbons (Fsp3) is 0.0769. The van der Waals surface area contributed by atoms with Crippen LogP contribution >= 0.6 is 0 Å². The molecule has 0 radical (unpaired) electrons. The van der Waals surface area contributed by atoms with Crippen molar-refractivity contribution >= 4 is 12.2 Å². The first-order chi connectivity index (χ1) is 6.36. The number of rotatable bonds is 0. The Morgan fingerprint density at radius 3 is 2.23 bits per heavy atom. The van der Waals surface area contributed by atoms with Crippen LogP contribution < -0.4 is 10.4 Å². The van der Waals surface area contributed by atoms with Gasteiger partial charge in [-0.15, -0.1) is 0 Å². The van der Waals surface area contributed by atoms with Gasteiger partial charge in [0.1, 0.15) is 0 Å². The summed E-state index contributed by atoms with van der Waals surface area (Å²) in [4.78, 5) is 0. The average Bonchev–Trinajstić information content (AvgIpc) is 2.08. The molecule has 0 nitrogen and oxygen atoms in total. The van der Waals surface area contributed by atoms with Crippen molar-refractivity contribution in [2.45, 2.75) is 6.92 Å². The molecule has 1 aliphatic rings. The highest BCUT2D eigenvalue weighted by Crippen LogP contribution is 1.89. The highest BCUT2D eigenvalue weighted by atomic mass is 13.9. The maximum absolute atomic E-state index is 2.20. The van der Waals surface area contributed by atoms with Gasteiger partial charge in [0.05, 0.1) is 0 Å². The molecule has 0 bridgehead atoms. The summed E-state index contributed by atoms with van der Waals surface area (Å²) in [6.45, 7) is 2.12. The smallest absolute Gasteiger partial charge is 0.0181 e. The first kappa shape index (κ1) is 8.06. The average molecular weight is 168 g/mol. The zero-order valence-corrected chi connectivity index (χ0v) is 7.70. The lowest BCUT2D eigenvalue weighted by Gasteiger charge is -1.94. The normalized spacial score (nSPS) is 13.6. The first-order valence-electron chi connectivity index (χ1n) is 4.48. The van der Waals surface area contributed by atoms with Gasteiger partial charge < -0.3 is 0 Å². The number of hydrogen-bond acceptors (Lipinski definition) is 0. The number of hydrogen-bond donors (Lipinski definition) is 0. The standard InChI is InChI=1S/C13H12/c1-11-8-9-12-6-4-2-3-5-7-13(12)10-11/h2-10H,1H3. The fourth-order valence-electron chi connectivity index (χ4n) is 1.44. The molecule has 1 aliphatic carbocycles.